The number of rotatable bonds is 3. The number of nitrogens with zero attached hydrogens (tertiary/aromatic N) is 1. The Kier molecular flexibility index (Phi) is 3.80. The highest BCUT2D eigenvalue weighted by Gasteiger charge is 2.41. The van der Waals surface area contributed by atoms with E-state index in [-0.39, 0.29) is 11.3 Å². The number of carbonyl (C=O) groups excluding carboxylic acids is 1. The standard InChI is InChI=1S/C15H14F3NO2/c1-9-8-11(14(20)15(16,17)18)10(2)19(9)12-6-4-5-7-13(12)21-3/h4-8H,1-3H3. The molecule has 2 aromatic rings. The number of ketones is 1. The minimum atomic E-state index is -4.88. The van der Waals surface area contributed by atoms with Crippen LogP contribution < -0.4 is 4.74 Å². The van der Waals surface area contributed by atoms with Crippen LogP contribution in [0.25, 0.3) is 5.69 Å². The summed E-state index contributed by atoms with van der Waals surface area (Å²) in [7, 11) is 1.48. The van der Waals surface area contributed by atoms with Crippen molar-refractivity contribution >= 4 is 5.78 Å². The quantitative estimate of drug-likeness (QED) is 0.806. The zero-order valence-corrected chi connectivity index (χ0v) is 11.8. The van der Waals surface area contributed by atoms with Crippen molar-refractivity contribution in [2.24, 2.45) is 0 Å². The first-order valence-corrected chi connectivity index (χ1v) is 6.21. The number of carbonyl (C=O) groups is 1. The van der Waals surface area contributed by atoms with Gasteiger partial charge in [0, 0.05) is 17.0 Å². The molecule has 0 bridgehead atoms. The van der Waals surface area contributed by atoms with Crippen molar-refractivity contribution in [3.05, 3.63) is 47.3 Å². The molecule has 0 N–H and O–H groups in total. The smallest absolute Gasteiger partial charge is 0.454 e. The Morgan fingerprint density at radius 2 is 1.81 bits per heavy atom. The molecule has 112 valence electrons. The van der Waals surface area contributed by atoms with Gasteiger partial charge in [-0.3, -0.25) is 4.79 Å². The molecule has 2 rings (SSSR count). The number of aryl methyl sites for hydroxylation is 1. The van der Waals surface area contributed by atoms with E-state index in [1.807, 2.05) is 0 Å². The minimum Gasteiger partial charge on any atom is -0.495 e. The van der Waals surface area contributed by atoms with E-state index in [1.54, 1.807) is 35.8 Å². The average molecular weight is 297 g/mol. The van der Waals surface area contributed by atoms with Gasteiger partial charge in [0.05, 0.1) is 12.8 Å². The number of alkyl halides is 3. The first kappa shape index (κ1) is 15.2. The fraction of sp³-hybridized carbons (Fsp3) is 0.267. The largest absolute Gasteiger partial charge is 0.495 e. The molecule has 1 aromatic heterocycles. The lowest BCUT2D eigenvalue weighted by Crippen LogP contribution is -2.23. The zero-order chi connectivity index (χ0) is 15.8. The molecule has 0 saturated carbocycles. The predicted molar refractivity (Wildman–Crippen MR) is 72.2 cm³/mol. The summed E-state index contributed by atoms with van der Waals surface area (Å²) in [6.45, 7) is 3.13. The number of aromatic nitrogens is 1. The van der Waals surface area contributed by atoms with Crippen molar-refractivity contribution < 1.29 is 22.7 Å². The summed E-state index contributed by atoms with van der Waals surface area (Å²) >= 11 is 0. The highest BCUT2D eigenvalue weighted by molar-refractivity contribution is 6.01. The predicted octanol–water partition coefficient (Wildman–Crippen LogP) is 3.85. The molecule has 1 aromatic carbocycles. The number of para-hydroxylation sites is 2. The van der Waals surface area contributed by atoms with E-state index < -0.39 is 12.0 Å². The van der Waals surface area contributed by atoms with Crippen molar-refractivity contribution in [3.63, 3.8) is 0 Å². The monoisotopic (exact) mass is 297 g/mol. The average Bonchev–Trinajstić information content (AvgIpc) is 2.72. The van der Waals surface area contributed by atoms with E-state index in [1.165, 1.54) is 20.1 Å². The van der Waals surface area contributed by atoms with Gasteiger partial charge in [0.15, 0.2) is 0 Å². The lowest BCUT2D eigenvalue weighted by Gasteiger charge is -2.14. The topological polar surface area (TPSA) is 31.2 Å². The molecule has 3 nitrogen and oxygen atoms in total. The molecule has 0 saturated heterocycles. The van der Waals surface area contributed by atoms with Crippen molar-refractivity contribution in [1.82, 2.24) is 4.57 Å². The van der Waals surface area contributed by atoms with Crippen LogP contribution in [0.1, 0.15) is 21.7 Å². The number of methoxy groups -OCH3 is 1. The Morgan fingerprint density at radius 3 is 2.38 bits per heavy atom. The van der Waals surface area contributed by atoms with Crippen LogP contribution in [0, 0.1) is 13.8 Å². The molecular formula is C15H14F3NO2. The van der Waals surface area contributed by atoms with Gasteiger partial charge in [-0.1, -0.05) is 12.1 Å². The Morgan fingerprint density at radius 1 is 1.19 bits per heavy atom. The maximum Gasteiger partial charge on any atom is 0.454 e. The van der Waals surface area contributed by atoms with Crippen LogP contribution in [0.5, 0.6) is 5.75 Å². The molecule has 0 aliphatic heterocycles. The summed E-state index contributed by atoms with van der Waals surface area (Å²) in [6, 6.07) is 8.19. The van der Waals surface area contributed by atoms with E-state index in [4.69, 9.17) is 4.74 Å². The third-order valence-electron chi connectivity index (χ3n) is 3.26. The van der Waals surface area contributed by atoms with Gasteiger partial charge >= 0.3 is 6.18 Å². The zero-order valence-electron chi connectivity index (χ0n) is 11.8. The number of ether oxygens (including phenoxy) is 1. The Hall–Kier alpha value is -2.24. The van der Waals surface area contributed by atoms with Crippen LogP contribution in [0.3, 0.4) is 0 Å². The van der Waals surface area contributed by atoms with E-state index in [9.17, 15) is 18.0 Å². The molecule has 0 atom stereocenters. The molecule has 21 heavy (non-hydrogen) atoms. The van der Waals surface area contributed by atoms with E-state index in [0.717, 1.165) is 0 Å². The second kappa shape index (κ2) is 5.27. The van der Waals surface area contributed by atoms with Crippen LogP contribution >= 0.6 is 0 Å². The summed E-state index contributed by atoms with van der Waals surface area (Å²) in [5.74, 6) is -1.32. The van der Waals surface area contributed by atoms with Crippen molar-refractivity contribution in [3.8, 4) is 11.4 Å². The van der Waals surface area contributed by atoms with Gasteiger partial charge in [0.2, 0.25) is 0 Å². The van der Waals surface area contributed by atoms with Crippen LogP contribution in [0.15, 0.2) is 30.3 Å². The summed E-state index contributed by atoms with van der Waals surface area (Å²) in [4.78, 5) is 11.5. The van der Waals surface area contributed by atoms with Crippen molar-refractivity contribution in [2.45, 2.75) is 20.0 Å². The maximum absolute atomic E-state index is 12.6. The third-order valence-corrected chi connectivity index (χ3v) is 3.26. The summed E-state index contributed by atoms with van der Waals surface area (Å²) in [5.41, 5.74) is 1.02. The van der Waals surface area contributed by atoms with Crippen LogP contribution in [-0.4, -0.2) is 23.6 Å². The van der Waals surface area contributed by atoms with Gasteiger partial charge in [0.1, 0.15) is 5.75 Å². The fourth-order valence-corrected chi connectivity index (χ4v) is 2.33. The highest BCUT2D eigenvalue weighted by atomic mass is 19.4. The Balaban J connectivity index is 2.63. The van der Waals surface area contributed by atoms with Crippen LogP contribution in [-0.2, 0) is 0 Å². The van der Waals surface area contributed by atoms with Gasteiger partial charge in [-0.05, 0) is 32.0 Å². The number of hydrogen-bond donors (Lipinski definition) is 0. The second-order valence-corrected chi connectivity index (χ2v) is 4.62. The Labute approximate surface area is 120 Å². The molecule has 1 heterocycles. The molecule has 0 spiro atoms. The molecular weight excluding hydrogens is 283 g/mol. The molecule has 0 aliphatic carbocycles. The lowest BCUT2D eigenvalue weighted by molar-refractivity contribution is -0.0885. The third kappa shape index (κ3) is 2.66. The maximum atomic E-state index is 12.6. The molecule has 0 unspecified atom stereocenters. The first-order valence-electron chi connectivity index (χ1n) is 6.21. The summed E-state index contributed by atoms with van der Waals surface area (Å²) in [5, 5.41) is 0. The van der Waals surface area contributed by atoms with E-state index in [2.05, 4.69) is 0 Å². The molecule has 0 aliphatic rings. The summed E-state index contributed by atoms with van der Waals surface area (Å²) in [6.07, 6.45) is -4.88. The molecule has 6 heteroatoms. The van der Waals surface area contributed by atoms with E-state index >= 15 is 0 Å². The summed E-state index contributed by atoms with van der Waals surface area (Å²) < 4.78 is 44.7. The number of Topliss-reactive ketones (excluding diaryl/α,β-unsaturated/α-hetero) is 1. The van der Waals surface area contributed by atoms with Gasteiger partial charge in [0.25, 0.3) is 5.78 Å². The molecule has 0 radical (unpaired) electrons. The van der Waals surface area contributed by atoms with Crippen LogP contribution in [0.2, 0.25) is 0 Å². The van der Waals surface area contributed by atoms with Gasteiger partial charge in [-0.15, -0.1) is 0 Å². The molecule has 0 fully saturated rings. The van der Waals surface area contributed by atoms with Crippen molar-refractivity contribution in [2.75, 3.05) is 7.11 Å². The highest BCUT2D eigenvalue weighted by Crippen LogP contribution is 2.30. The normalized spacial score (nSPS) is 11.5. The SMILES string of the molecule is COc1ccccc1-n1c(C)cc(C(=O)C(F)(F)F)c1C. The molecule has 0 amide bonds. The number of benzene rings is 1. The number of halogens is 3. The Bertz CT molecular complexity index is 687. The fourth-order valence-electron chi connectivity index (χ4n) is 2.33. The van der Waals surface area contributed by atoms with Crippen LogP contribution in [0.4, 0.5) is 13.2 Å². The van der Waals surface area contributed by atoms with Crippen molar-refractivity contribution in [1.29, 1.82) is 0 Å². The number of hydrogen-bond acceptors (Lipinski definition) is 2. The second-order valence-electron chi connectivity index (χ2n) is 4.62. The van der Waals surface area contributed by atoms with Gasteiger partial charge < -0.3 is 9.30 Å². The lowest BCUT2D eigenvalue weighted by atomic mass is 10.1. The minimum absolute atomic E-state index is 0.235. The van der Waals surface area contributed by atoms with Gasteiger partial charge in [-0.2, -0.15) is 13.2 Å². The first-order chi connectivity index (χ1) is 9.77. The van der Waals surface area contributed by atoms with E-state index in [0.29, 0.717) is 17.1 Å². The van der Waals surface area contributed by atoms with Gasteiger partial charge in [-0.25, -0.2) is 0 Å².